The van der Waals surface area contributed by atoms with E-state index >= 15 is 0 Å². The first-order valence-electron chi connectivity index (χ1n) is 8.30. The molecule has 0 spiro atoms. The van der Waals surface area contributed by atoms with E-state index in [-0.39, 0.29) is 18.9 Å². The lowest BCUT2D eigenvalue weighted by Crippen LogP contribution is -2.42. The summed E-state index contributed by atoms with van der Waals surface area (Å²) in [6.07, 6.45) is 0.839. The highest BCUT2D eigenvalue weighted by atomic mass is 19.1. The van der Waals surface area contributed by atoms with Gasteiger partial charge in [0.2, 0.25) is 0 Å². The summed E-state index contributed by atoms with van der Waals surface area (Å²) in [5.41, 5.74) is -0.560. The van der Waals surface area contributed by atoms with Gasteiger partial charge in [0.25, 0.3) is 0 Å². The van der Waals surface area contributed by atoms with Crippen LogP contribution in [0.4, 0.5) is 14.9 Å². The van der Waals surface area contributed by atoms with Crippen LogP contribution in [0.3, 0.4) is 0 Å². The van der Waals surface area contributed by atoms with Crippen molar-refractivity contribution in [3.63, 3.8) is 0 Å². The van der Waals surface area contributed by atoms with E-state index in [0.717, 1.165) is 0 Å². The molecule has 0 aliphatic carbocycles. The van der Waals surface area contributed by atoms with Gasteiger partial charge in [-0.3, -0.25) is 0 Å². The van der Waals surface area contributed by atoms with Gasteiger partial charge in [-0.05, 0) is 56.2 Å². The largest absolute Gasteiger partial charge is 0.454 e. The molecule has 0 aromatic heterocycles. The fourth-order valence-electron chi connectivity index (χ4n) is 2.26. The third-order valence-corrected chi connectivity index (χ3v) is 3.68. The summed E-state index contributed by atoms with van der Waals surface area (Å²) in [5.74, 6) is 0.103. The number of urea groups is 1. The normalized spacial score (nSPS) is 12.9. The molecule has 2 aromatic carbocycles. The lowest BCUT2D eigenvalue weighted by molar-refractivity contribution is 0.0464. The summed E-state index contributed by atoms with van der Waals surface area (Å²) < 4.78 is 19.0. The first kappa shape index (κ1) is 19.7. The number of carbonyl (C=O) groups is 1. The number of aliphatic hydroxyl groups is 2. The Morgan fingerprint density at radius 2 is 1.88 bits per heavy atom. The van der Waals surface area contributed by atoms with Crippen LogP contribution in [0.15, 0.2) is 48.5 Å². The van der Waals surface area contributed by atoms with Crippen LogP contribution < -0.4 is 15.4 Å². The van der Waals surface area contributed by atoms with Crippen molar-refractivity contribution in [3.05, 3.63) is 54.3 Å². The molecule has 0 heterocycles. The number of benzene rings is 2. The molecule has 140 valence electrons. The minimum atomic E-state index is -1.09. The van der Waals surface area contributed by atoms with Gasteiger partial charge in [0.15, 0.2) is 11.6 Å². The smallest absolute Gasteiger partial charge is 0.319 e. The molecule has 26 heavy (non-hydrogen) atoms. The number of rotatable bonds is 8. The molecular formula is C19H23FN2O4. The Morgan fingerprint density at radius 3 is 2.54 bits per heavy atom. The van der Waals surface area contributed by atoms with Crippen molar-refractivity contribution in [1.82, 2.24) is 5.32 Å². The van der Waals surface area contributed by atoms with E-state index < -0.39 is 17.4 Å². The zero-order valence-electron chi connectivity index (χ0n) is 14.5. The Hall–Kier alpha value is -2.64. The summed E-state index contributed by atoms with van der Waals surface area (Å²) in [4.78, 5) is 11.9. The highest BCUT2D eigenvalue weighted by Gasteiger charge is 2.20. The summed E-state index contributed by atoms with van der Waals surface area (Å²) in [5, 5.41) is 24.1. The molecular weight excluding hydrogens is 339 g/mol. The second kappa shape index (κ2) is 9.17. The standard InChI is InChI=1S/C19H23FN2O4/c1-19(25,11-4-12-23)13-21-18(24)22-14-7-9-15(10-8-14)26-17-6-3-2-5-16(17)20/h2-3,5-10,23,25H,4,11-13H2,1H3,(H2,21,22,24)/t19-/m0/s1. The molecule has 7 heteroatoms. The second-order valence-corrected chi connectivity index (χ2v) is 6.19. The van der Waals surface area contributed by atoms with Gasteiger partial charge in [0, 0.05) is 18.8 Å². The Labute approximate surface area is 151 Å². The van der Waals surface area contributed by atoms with E-state index in [0.29, 0.717) is 24.3 Å². The highest BCUT2D eigenvalue weighted by Crippen LogP contribution is 2.25. The van der Waals surface area contributed by atoms with Gasteiger partial charge in [0.1, 0.15) is 5.75 Å². The highest BCUT2D eigenvalue weighted by molar-refractivity contribution is 5.89. The van der Waals surface area contributed by atoms with Gasteiger partial charge >= 0.3 is 6.03 Å². The maximum absolute atomic E-state index is 13.6. The van der Waals surface area contributed by atoms with Gasteiger partial charge in [-0.15, -0.1) is 0 Å². The number of carbonyl (C=O) groups excluding carboxylic acids is 1. The van der Waals surface area contributed by atoms with Crippen LogP contribution >= 0.6 is 0 Å². The Balaban J connectivity index is 1.85. The van der Waals surface area contributed by atoms with Crippen LogP contribution in [-0.2, 0) is 0 Å². The molecule has 2 amide bonds. The molecule has 4 N–H and O–H groups in total. The summed E-state index contributed by atoms with van der Waals surface area (Å²) >= 11 is 0. The maximum atomic E-state index is 13.6. The van der Waals surface area contributed by atoms with Crippen molar-refractivity contribution in [2.75, 3.05) is 18.5 Å². The summed E-state index contributed by atoms with van der Waals surface area (Å²) in [6.45, 7) is 1.65. The van der Waals surface area contributed by atoms with E-state index in [9.17, 15) is 14.3 Å². The predicted octanol–water partition coefficient (Wildman–Crippen LogP) is 3.26. The zero-order chi connectivity index (χ0) is 19.0. The van der Waals surface area contributed by atoms with E-state index in [4.69, 9.17) is 9.84 Å². The molecule has 0 radical (unpaired) electrons. The average molecular weight is 362 g/mol. The van der Waals surface area contributed by atoms with Gasteiger partial charge < -0.3 is 25.6 Å². The van der Waals surface area contributed by atoms with E-state index in [1.165, 1.54) is 12.1 Å². The van der Waals surface area contributed by atoms with Crippen LogP contribution in [0, 0.1) is 5.82 Å². The Bertz CT molecular complexity index is 720. The average Bonchev–Trinajstić information content (AvgIpc) is 2.62. The fourth-order valence-corrected chi connectivity index (χ4v) is 2.26. The molecule has 0 aliphatic rings. The number of hydrogen-bond donors (Lipinski definition) is 4. The van der Waals surface area contributed by atoms with Crippen molar-refractivity contribution in [3.8, 4) is 11.5 Å². The van der Waals surface area contributed by atoms with Gasteiger partial charge in [-0.1, -0.05) is 12.1 Å². The van der Waals surface area contributed by atoms with Crippen molar-refractivity contribution < 1.29 is 24.1 Å². The number of halogens is 1. The van der Waals surface area contributed by atoms with Crippen molar-refractivity contribution >= 4 is 11.7 Å². The molecule has 0 aliphatic heterocycles. The molecule has 0 saturated heterocycles. The lowest BCUT2D eigenvalue weighted by Gasteiger charge is -2.23. The lowest BCUT2D eigenvalue weighted by atomic mass is 10.0. The first-order chi connectivity index (χ1) is 12.4. The molecule has 1 atom stereocenters. The topological polar surface area (TPSA) is 90.8 Å². The zero-order valence-corrected chi connectivity index (χ0v) is 14.5. The number of amides is 2. The van der Waals surface area contributed by atoms with E-state index in [1.807, 2.05) is 0 Å². The van der Waals surface area contributed by atoms with Crippen molar-refractivity contribution in [1.29, 1.82) is 0 Å². The number of aliphatic hydroxyl groups excluding tert-OH is 1. The predicted molar refractivity (Wildman–Crippen MR) is 96.9 cm³/mol. The van der Waals surface area contributed by atoms with Crippen LogP contribution in [0.5, 0.6) is 11.5 Å². The number of para-hydroxylation sites is 1. The van der Waals surface area contributed by atoms with Gasteiger partial charge in [0.05, 0.1) is 5.60 Å². The number of nitrogens with one attached hydrogen (secondary N) is 2. The quantitative estimate of drug-likeness (QED) is 0.580. The molecule has 6 nitrogen and oxygen atoms in total. The van der Waals surface area contributed by atoms with Gasteiger partial charge in [-0.2, -0.15) is 0 Å². The van der Waals surface area contributed by atoms with Crippen LogP contribution in [0.25, 0.3) is 0 Å². The summed E-state index contributed by atoms with van der Waals surface area (Å²) in [6, 6.07) is 12.1. The number of ether oxygens (including phenoxy) is 1. The van der Waals surface area contributed by atoms with Crippen LogP contribution in [0.2, 0.25) is 0 Å². The van der Waals surface area contributed by atoms with Crippen molar-refractivity contribution in [2.24, 2.45) is 0 Å². The molecule has 0 fully saturated rings. The van der Waals surface area contributed by atoms with Crippen molar-refractivity contribution in [2.45, 2.75) is 25.4 Å². The Morgan fingerprint density at radius 1 is 1.19 bits per heavy atom. The second-order valence-electron chi connectivity index (χ2n) is 6.19. The van der Waals surface area contributed by atoms with Gasteiger partial charge in [-0.25, -0.2) is 9.18 Å². The third kappa shape index (κ3) is 6.34. The molecule has 2 rings (SSSR count). The monoisotopic (exact) mass is 362 g/mol. The minimum Gasteiger partial charge on any atom is -0.454 e. The third-order valence-electron chi connectivity index (χ3n) is 3.68. The number of hydrogen-bond acceptors (Lipinski definition) is 4. The van der Waals surface area contributed by atoms with E-state index in [1.54, 1.807) is 43.3 Å². The molecule has 0 unspecified atom stereocenters. The summed E-state index contributed by atoms with van der Waals surface area (Å²) in [7, 11) is 0. The Kier molecular flexibility index (Phi) is 6.94. The van der Waals surface area contributed by atoms with Crippen LogP contribution in [-0.4, -0.2) is 35.0 Å². The maximum Gasteiger partial charge on any atom is 0.319 e. The molecule has 0 bridgehead atoms. The van der Waals surface area contributed by atoms with E-state index in [2.05, 4.69) is 10.6 Å². The first-order valence-corrected chi connectivity index (χ1v) is 8.30. The SMILES string of the molecule is C[C@](O)(CCCO)CNC(=O)Nc1ccc(Oc2ccccc2F)cc1. The minimum absolute atomic E-state index is 0.0103. The number of anilines is 1. The van der Waals surface area contributed by atoms with Crippen LogP contribution in [0.1, 0.15) is 19.8 Å². The fraction of sp³-hybridized carbons (Fsp3) is 0.316. The molecule has 2 aromatic rings. The molecule has 0 saturated carbocycles.